The number of rotatable bonds is 6. The Kier molecular flexibility index (Phi) is 5.24. The van der Waals surface area contributed by atoms with Gasteiger partial charge in [-0.15, -0.1) is 5.10 Å². The molecule has 3 aromatic heterocycles. The molecule has 0 spiro atoms. The van der Waals surface area contributed by atoms with Gasteiger partial charge in [0.1, 0.15) is 0 Å². The van der Waals surface area contributed by atoms with Crippen molar-refractivity contribution in [1.29, 1.82) is 0 Å². The van der Waals surface area contributed by atoms with Gasteiger partial charge in [-0.3, -0.25) is 13.9 Å². The van der Waals surface area contributed by atoms with Gasteiger partial charge in [-0.2, -0.15) is 4.68 Å². The van der Waals surface area contributed by atoms with Crippen molar-refractivity contribution >= 4 is 34.5 Å². The Hall–Kier alpha value is -2.92. The van der Waals surface area contributed by atoms with Crippen LogP contribution in [0.5, 0.6) is 0 Å². The van der Waals surface area contributed by atoms with Crippen molar-refractivity contribution in [1.82, 2.24) is 38.9 Å². The maximum Gasteiger partial charge on any atom is 0.332 e. The molecule has 12 heteroatoms. The molecule has 0 radical (unpaired) electrons. The molecular weight excluding hydrogens is 416 g/mol. The molecule has 0 bridgehead atoms. The van der Waals surface area contributed by atoms with Gasteiger partial charge in [0.2, 0.25) is 5.16 Å². The van der Waals surface area contributed by atoms with Crippen molar-refractivity contribution in [3.8, 4) is 5.69 Å². The Morgan fingerprint density at radius 1 is 1.14 bits per heavy atom. The second-order valence-corrected chi connectivity index (χ2v) is 7.88. The van der Waals surface area contributed by atoms with Crippen LogP contribution in [-0.4, -0.2) is 44.6 Å². The fraction of sp³-hybridized carbons (Fsp3) is 0.294. The molecule has 29 heavy (non-hydrogen) atoms. The first-order valence-electron chi connectivity index (χ1n) is 8.75. The summed E-state index contributed by atoms with van der Waals surface area (Å²) < 4.78 is 5.88. The van der Waals surface area contributed by atoms with E-state index >= 15 is 0 Å². The zero-order valence-corrected chi connectivity index (χ0v) is 17.3. The Morgan fingerprint density at radius 3 is 2.66 bits per heavy atom. The average Bonchev–Trinajstić information content (AvgIpc) is 3.33. The smallest absolute Gasteiger partial charge is 0.328 e. The lowest BCUT2D eigenvalue weighted by molar-refractivity contribution is 0.594. The molecule has 0 aliphatic rings. The predicted octanol–water partition coefficient (Wildman–Crippen LogP) is 1.25. The molecule has 10 nitrogen and oxygen atoms in total. The minimum atomic E-state index is -0.378. The first kappa shape index (κ1) is 19.4. The molecule has 0 aliphatic heterocycles. The number of aromatic nitrogens is 8. The van der Waals surface area contributed by atoms with Crippen molar-refractivity contribution in [3.63, 3.8) is 0 Å². The van der Waals surface area contributed by atoms with Crippen LogP contribution >= 0.6 is 23.4 Å². The average molecular weight is 433 g/mol. The Morgan fingerprint density at radius 2 is 1.90 bits per heavy atom. The maximum atomic E-state index is 12.7. The van der Waals surface area contributed by atoms with Crippen LogP contribution in [0.4, 0.5) is 0 Å². The van der Waals surface area contributed by atoms with Gasteiger partial charge in [-0.05, 0) is 41.1 Å². The highest BCUT2D eigenvalue weighted by atomic mass is 35.5. The molecule has 4 rings (SSSR count). The standard InChI is InChI=1S/C17H17ClN8O2S/c1-23-10-19-14-13(23)15(27)25(17(28)24(14)2)8-3-9-29-16-20-21-22-26(16)12-6-4-11(18)5-7-12/h4-7,10H,3,8-9H2,1-2H3. The zero-order valence-electron chi connectivity index (χ0n) is 15.7. The van der Waals surface area contributed by atoms with Gasteiger partial charge in [0.15, 0.2) is 11.2 Å². The van der Waals surface area contributed by atoms with Gasteiger partial charge < -0.3 is 4.57 Å². The van der Waals surface area contributed by atoms with E-state index < -0.39 is 0 Å². The lowest BCUT2D eigenvalue weighted by atomic mass is 10.3. The summed E-state index contributed by atoms with van der Waals surface area (Å²) in [5.41, 5.74) is 0.881. The summed E-state index contributed by atoms with van der Waals surface area (Å²) in [6, 6.07) is 7.19. The third kappa shape index (κ3) is 3.58. The molecule has 0 N–H and O–H groups in total. The molecule has 0 aliphatic carbocycles. The highest BCUT2D eigenvalue weighted by molar-refractivity contribution is 7.99. The van der Waals surface area contributed by atoms with E-state index in [2.05, 4.69) is 20.5 Å². The summed E-state index contributed by atoms with van der Waals surface area (Å²) in [6.07, 6.45) is 2.12. The molecule has 4 aromatic rings. The zero-order chi connectivity index (χ0) is 20.5. The summed E-state index contributed by atoms with van der Waals surface area (Å²) in [6.45, 7) is 0.294. The van der Waals surface area contributed by atoms with Gasteiger partial charge in [0.05, 0.1) is 12.0 Å². The summed E-state index contributed by atoms with van der Waals surface area (Å²) in [4.78, 5) is 29.4. The van der Waals surface area contributed by atoms with Crippen LogP contribution in [0.3, 0.4) is 0 Å². The van der Waals surface area contributed by atoms with Crippen molar-refractivity contribution in [2.75, 3.05) is 5.75 Å². The third-order valence-electron chi connectivity index (χ3n) is 4.47. The highest BCUT2D eigenvalue weighted by Crippen LogP contribution is 2.20. The van der Waals surface area contributed by atoms with Crippen LogP contribution in [0.15, 0.2) is 45.3 Å². The molecular formula is C17H17ClN8O2S. The quantitative estimate of drug-likeness (QED) is 0.333. The van der Waals surface area contributed by atoms with E-state index in [1.54, 1.807) is 35.5 Å². The molecule has 0 unspecified atom stereocenters. The van der Waals surface area contributed by atoms with Gasteiger partial charge >= 0.3 is 5.69 Å². The summed E-state index contributed by atoms with van der Waals surface area (Å²) in [5, 5.41) is 13.0. The van der Waals surface area contributed by atoms with Crippen LogP contribution < -0.4 is 11.2 Å². The Labute approximate surface area is 173 Å². The number of imidazole rings is 1. The SMILES string of the molecule is Cn1cnc2c1c(=O)n(CCCSc1nnnn1-c1ccc(Cl)cc1)c(=O)n2C. The number of nitrogens with zero attached hydrogens (tertiary/aromatic N) is 8. The fourth-order valence-corrected chi connectivity index (χ4v) is 3.93. The molecule has 0 saturated heterocycles. The molecule has 3 heterocycles. The van der Waals surface area contributed by atoms with Crippen molar-refractivity contribution in [2.45, 2.75) is 18.1 Å². The maximum absolute atomic E-state index is 12.7. The minimum absolute atomic E-state index is 0.294. The second-order valence-electron chi connectivity index (χ2n) is 6.38. The second kappa shape index (κ2) is 7.84. The summed E-state index contributed by atoms with van der Waals surface area (Å²) in [5.74, 6) is 0.632. The molecule has 0 saturated carbocycles. The lowest BCUT2D eigenvalue weighted by Crippen LogP contribution is -2.39. The predicted molar refractivity (Wildman–Crippen MR) is 110 cm³/mol. The third-order valence-corrected chi connectivity index (χ3v) is 5.73. The highest BCUT2D eigenvalue weighted by Gasteiger charge is 2.15. The number of benzene rings is 1. The Balaban J connectivity index is 1.48. The van der Waals surface area contributed by atoms with Crippen molar-refractivity contribution in [3.05, 3.63) is 56.5 Å². The molecule has 150 valence electrons. The fourth-order valence-electron chi connectivity index (χ4n) is 2.99. The van der Waals surface area contributed by atoms with Crippen molar-refractivity contribution < 1.29 is 0 Å². The Bertz CT molecular complexity index is 1290. The largest absolute Gasteiger partial charge is 0.332 e. The number of aryl methyl sites for hydroxylation is 2. The summed E-state index contributed by atoms with van der Waals surface area (Å²) in [7, 11) is 3.35. The number of fused-ring (bicyclic) bond motifs is 1. The number of thioether (sulfide) groups is 1. The first-order valence-corrected chi connectivity index (χ1v) is 10.1. The normalized spacial score (nSPS) is 11.4. The minimum Gasteiger partial charge on any atom is -0.328 e. The van der Waals surface area contributed by atoms with E-state index in [9.17, 15) is 9.59 Å². The molecule has 0 amide bonds. The van der Waals surface area contributed by atoms with Crippen LogP contribution in [0.25, 0.3) is 16.9 Å². The van der Waals surface area contributed by atoms with E-state index in [1.807, 2.05) is 12.1 Å². The van der Waals surface area contributed by atoms with E-state index in [-0.39, 0.29) is 11.2 Å². The number of tetrazole rings is 1. The van der Waals surface area contributed by atoms with E-state index in [0.29, 0.717) is 40.1 Å². The molecule has 1 aromatic carbocycles. The molecule has 0 fully saturated rings. The van der Waals surface area contributed by atoms with Gasteiger partial charge in [-0.1, -0.05) is 23.4 Å². The monoisotopic (exact) mass is 432 g/mol. The lowest BCUT2D eigenvalue weighted by Gasteiger charge is -2.08. The topological polar surface area (TPSA) is 105 Å². The molecule has 0 atom stereocenters. The number of hydrogen-bond acceptors (Lipinski definition) is 7. The van der Waals surface area contributed by atoms with Crippen LogP contribution in [0, 0.1) is 0 Å². The van der Waals surface area contributed by atoms with Crippen LogP contribution in [0.1, 0.15) is 6.42 Å². The first-order chi connectivity index (χ1) is 14.0. The summed E-state index contributed by atoms with van der Waals surface area (Å²) >= 11 is 7.37. The van der Waals surface area contributed by atoms with E-state index in [4.69, 9.17) is 11.6 Å². The van der Waals surface area contributed by atoms with E-state index in [0.717, 1.165) is 5.69 Å². The number of hydrogen-bond donors (Lipinski definition) is 0. The van der Waals surface area contributed by atoms with Crippen LogP contribution in [0.2, 0.25) is 5.02 Å². The van der Waals surface area contributed by atoms with Gasteiger partial charge in [-0.25, -0.2) is 9.78 Å². The van der Waals surface area contributed by atoms with Crippen molar-refractivity contribution in [2.24, 2.45) is 14.1 Å². The van der Waals surface area contributed by atoms with Crippen LogP contribution in [-0.2, 0) is 20.6 Å². The van der Waals surface area contributed by atoms with Gasteiger partial charge in [0, 0.05) is 31.4 Å². The van der Waals surface area contributed by atoms with E-state index in [1.165, 1.54) is 27.2 Å². The van der Waals surface area contributed by atoms with Gasteiger partial charge in [0.25, 0.3) is 5.56 Å². The number of halogens is 1.